The fourth-order valence-electron chi connectivity index (χ4n) is 1.99. The number of aliphatic hydroxyl groups is 3. The molecule has 0 aromatic rings. The Morgan fingerprint density at radius 3 is 1.52 bits per heavy atom. The first kappa shape index (κ1) is 24.7. The van der Waals surface area contributed by atoms with Gasteiger partial charge in [-0.15, -0.1) is 0 Å². The normalized spacial score (nSPS) is 15.4. The third-order valence-corrected chi connectivity index (χ3v) is 3.49. The molecule has 0 spiro atoms. The van der Waals surface area contributed by atoms with E-state index in [4.69, 9.17) is 15.9 Å². The molecular formula is C15H28N4O8. The number of hydrogen-bond donors (Lipinski definition) is 8. The Morgan fingerprint density at radius 2 is 1.19 bits per heavy atom. The summed E-state index contributed by atoms with van der Waals surface area (Å²) in [5.74, 6) is -4.13. The van der Waals surface area contributed by atoms with Gasteiger partial charge in [-0.2, -0.15) is 0 Å². The maximum Gasteiger partial charge on any atom is 0.326 e. The number of hydrogen-bond acceptors (Lipinski definition) is 8. The van der Waals surface area contributed by atoms with E-state index in [1.165, 1.54) is 0 Å². The number of carbonyl (C=O) groups excluding carboxylic acids is 3. The van der Waals surface area contributed by atoms with Crippen LogP contribution in [0.25, 0.3) is 0 Å². The van der Waals surface area contributed by atoms with Crippen molar-refractivity contribution < 1.29 is 39.6 Å². The Labute approximate surface area is 156 Å². The van der Waals surface area contributed by atoms with Crippen LogP contribution >= 0.6 is 0 Å². The molecule has 0 aromatic carbocycles. The molecule has 0 aliphatic carbocycles. The molecule has 0 aliphatic heterocycles. The molecular weight excluding hydrogens is 364 g/mol. The molecule has 0 fully saturated rings. The Kier molecular flexibility index (Phi) is 11.1. The van der Waals surface area contributed by atoms with E-state index in [-0.39, 0.29) is 12.3 Å². The zero-order valence-corrected chi connectivity index (χ0v) is 15.2. The van der Waals surface area contributed by atoms with Crippen LogP contribution in [0.3, 0.4) is 0 Å². The van der Waals surface area contributed by atoms with Gasteiger partial charge in [0.2, 0.25) is 17.7 Å². The Hall–Kier alpha value is -2.28. The molecule has 12 nitrogen and oxygen atoms in total. The highest BCUT2D eigenvalue weighted by Gasteiger charge is 2.29. The lowest BCUT2D eigenvalue weighted by atomic mass is 10.0. The number of aliphatic hydroxyl groups excluding tert-OH is 3. The standard InChI is InChI=1S/C15H28N4O8/c1-7(2)3-9(15(26)27)17-13(24)11(6-22)19-14(25)10(5-21)18-12(23)8(16)4-20/h7-11,20-22H,3-6,16H2,1-2H3,(H,17,24)(H,18,23)(H,19,25)(H,26,27). The lowest BCUT2D eigenvalue weighted by Gasteiger charge is -2.23. The molecule has 0 rings (SSSR count). The average molecular weight is 392 g/mol. The quantitative estimate of drug-likeness (QED) is 0.162. The van der Waals surface area contributed by atoms with Gasteiger partial charge in [0.15, 0.2) is 0 Å². The summed E-state index contributed by atoms with van der Waals surface area (Å²) in [7, 11) is 0. The maximum atomic E-state index is 12.1. The molecule has 12 heteroatoms. The van der Waals surface area contributed by atoms with Crippen LogP contribution in [0.2, 0.25) is 0 Å². The first-order valence-corrected chi connectivity index (χ1v) is 8.29. The van der Waals surface area contributed by atoms with Crippen molar-refractivity contribution in [2.45, 2.75) is 44.4 Å². The average Bonchev–Trinajstić information content (AvgIpc) is 2.61. The van der Waals surface area contributed by atoms with Crippen molar-refractivity contribution in [2.75, 3.05) is 19.8 Å². The molecule has 27 heavy (non-hydrogen) atoms. The monoisotopic (exact) mass is 392 g/mol. The first-order valence-electron chi connectivity index (χ1n) is 8.29. The van der Waals surface area contributed by atoms with E-state index in [2.05, 4.69) is 16.0 Å². The summed E-state index contributed by atoms with van der Waals surface area (Å²) in [6.45, 7) is 1.17. The summed E-state index contributed by atoms with van der Waals surface area (Å²) in [5.41, 5.74) is 5.28. The molecule has 0 bridgehead atoms. The number of aliphatic carboxylic acids is 1. The van der Waals surface area contributed by atoms with E-state index in [1.807, 2.05) is 0 Å². The molecule has 4 atom stereocenters. The van der Waals surface area contributed by atoms with Crippen molar-refractivity contribution >= 4 is 23.7 Å². The van der Waals surface area contributed by atoms with Gasteiger partial charge in [-0.3, -0.25) is 14.4 Å². The van der Waals surface area contributed by atoms with Gasteiger partial charge in [-0.25, -0.2) is 4.79 Å². The maximum absolute atomic E-state index is 12.1. The van der Waals surface area contributed by atoms with E-state index < -0.39 is 67.7 Å². The third kappa shape index (κ3) is 8.77. The Balaban J connectivity index is 4.96. The van der Waals surface area contributed by atoms with Crippen molar-refractivity contribution in [2.24, 2.45) is 11.7 Å². The van der Waals surface area contributed by atoms with Crippen LogP contribution in [0.1, 0.15) is 20.3 Å². The van der Waals surface area contributed by atoms with E-state index in [0.29, 0.717) is 0 Å². The molecule has 3 amide bonds. The number of nitrogens with one attached hydrogen (secondary N) is 3. The van der Waals surface area contributed by atoms with Crippen molar-refractivity contribution in [3.05, 3.63) is 0 Å². The van der Waals surface area contributed by atoms with Gasteiger partial charge in [0.05, 0.1) is 19.8 Å². The van der Waals surface area contributed by atoms with Gasteiger partial charge in [-0.1, -0.05) is 13.8 Å². The van der Waals surface area contributed by atoms with Crippen LogP contribution in [0.4, 0.5) is 0 Å². The van der Waals surface area contributed by atoms with Gasteiger partial charge in [-0.05, 0) is 12.3 Å². The summed E-state index contributed by atoms with van der Waals surface area (Å²) in [6.07, 6.45) is 0.140. The van der Waals surface area contributed by atoms with Crippen LogP contribution in [-0.2, 0) is 19.2 Å². The largest absolute Gasteiger partial charge is 0.480 e. The number of carboxylic acid groups (broad SMARTS) is 1. The van der Waals surface area contributed by atoms with Crippen LogP contribution in [0.5, 0.6) is 0 Å². The molecule has 156 valence electrons. The number of rotatable bonds is 12. The number of carboxylic acids is 1. The smallest absolute Gasteiger partial charge is 0.326 e. The van der Waals surface area contributed by atoms with Gasteiger partial charge in [0.1, 0.15) is 24.2 Å². The van der Waals surface area contributed by atoms with Crippen LogP contribution in [-0.4, -0.2) is 88.1 Å². The molecule has 0 radical (unpaired) electrons. The second-order valence-electron chi connectivity index (χ2n) is 6.31. The second kappa shape index (κ2) is 12.2. The van der Waals surface area contributed by atoms with Crippen LogP contribution in [0.15, 0.2) is 0 Å². The van der Waals surface area contributed by atoms with Crippen LogP contribution < -0.4 is 21.7 Å². The van der Waals surface area contributed by atoms with Crippen molar-refractivity contribution in [1.29, 1.82) is 0 Å². The van der Waals surface area contributed by atoms with Crippen LogP contribution in [0, 0.1) is 5.92 Å². The number of nitrogens with two attached hydrogens (primary N) is 1. The predicted molar refractivity (Wildman–Crippen MR) is 92.1 cm³/mol. The van der Waals surface area contributed by atoms with E-state index in [1.54, 1.807) is 13.8 Å². The molecule has 9 N–H and O–H groups in total. The number of amides is 3. The van der Waals surface area contributed by atoms with E-state index in [0.717, 1.165) is 0 Å². The summed E-state index contributed by atoms with van der Waals surface area (Å²) in [6, 6.07) is -5.50. The predicted octanol–water partition coefficient (Wildman–Crippen LogP) is -4.12. The zero-order chi connectivity index (χ0) is 21.1. The van der Waals surface area contributed by atoms with Crippen molar-refractivity contribution in [3.63, 3.8) is 0 Å². The van der Waals surface area contributed by atoms with Gasteiger partial charge in [0.25, 0.3) is 0 Å². The Morgan fingerprint density at radius 1 is 0.778 bits per heavy atom. The summed E-state index contributed by atoms with van der Waals surface area (Å²) >= 11 is 0. The topological polar surface area (TPSA) is 211 Å². The van der Waals surface area contributed by atoms with E-state index in [9.17, 15) is 29.4 Å². The molecule has 0 heterocycles. The second-order valence-corrected chi connectivity index (χ2v) is 6.31. The fraction of sp³-hybridized carbons (Fsp3) is 0.733. The lowest BCUT2D eigenvalue weighted by Crippen LogP contribution is -2.59. The van der Waals surface area contributed by atoms with E-state index >= 15 is 0 Å². The minimum absolute atomic E-state index is 0.0294. The van der Waals surface area contributed by atoms with Gasteiger partial charge in [0, 0.05) is 0 Å². The Bertz CT molecular complexity index is 528. The minimum atomic E-state index is -1.50. The molecule has 0 saturated heterocycles. The number of carbonyl (C=O) groups is 4. The highest BCUT2D eigenvalue weighted by atomic mass is 16.4. The SMILES string of the molecule is CC(C)CC(NC(=O)C(CO)NC(=O)C(CO)NC(=O)C(N)CO)C(=O)O. The highest BCUT2D eigenvalue weighted by molar-refractivity contribution is 5.94. The third-order valence-electron chi connectivity index (χ3n) is 3.49. The lowest BCUT2D eigenvalue weighted by molar-refractivity contribution is -0.143. The minimum Gasteiger partial charge on any atom is -0.480 e. The summed E-state index contributed by atoms with van der Waals surface area (Å²) in [5, 5.41) is 42.9. The highest BCUT2D eigenvalue weighted by Crippen LogP contribution is 2.05. The summed E-state index contributed by atoms with van der Waals surface area (Å²) in [4.78, 5) is 47.0. The zero-order valence-electron chi connectivity index (χ0n) is 15.2. The summed E-state index contributed by atoms with van der Waals surface area (Å²) < 4.78 is 0. The first-order chi connectivity index (χ1) is 12.6. The van der Waals surface area contributed by atoms with Crippen molar-refractivity contribution in [3.8, 4) is 0 Å². The molecule has 0 saturated carbocycles. The van der Waals surface area contributed by atoms with Gasteiger partial charge >= 0.3 is 5.97 Å². The molecule has 0 aliphatic rings. The van der Waals surface area contributed by atoms with Gasteiger partial charge < -0.3 is 42.1 Å². The molecule has 4 unspecified atom stereocenters. The van der Waals surface area contributed by atoms with Crippen molar-refractivity contribution in [1.82, 2.24) is 16.0 Å². The fourth-order valence-corrected chi connectivity index (χ4v) is 1.99. The molecule has 0 aromatic heterocycles.